The predicted octanol–water partition coefficient (Wildman–Crippen LogP) is 5.39. The van der Waals surface area contributed by atoms with Gasteiger partial charge in [0.05, 0.1) is 43.6 Å². The molecule has 2 aliphatic heterocycles. The number of carbonyl (C=O) groups is 3. The molecule has 13 heteroatoms. The molecule has 3 aromatic carbocycles. The van der Waals surface area contributed by atoms with Crippen molar-refractivity contribution in [2.75, 3.05) is 38.5 Å². The second-order valence-electron chi connectivity index (χ2n) is 11.8. The number of anilines is 2. The molecule has 0 radical (unpaired) electrons. The average molecular weight is 665 g/mol. The van der Waals surface area contributed by atoms with E-state index in [1.165, 1.54) is 33.5 Å². The molecule has 0 aromatic heterocycles. The van der Waals surface area contributed by atoms with Gasteiger partial charge in [0, 0.05) is 23.5 Å². The van der Waals surface area contributed by atoms with E-state index in [2.05, 4.69) is 16.0 Å². The minimum Gasteiger partial charge on any atom is -0.493 e. The molecule has 47 heavy (non-hydrogen) atoms. The first-order valence-corrected chi connectivity index (χ1v) is 16.9. The van der Waals surface area contributed by atoms with E-state index in [0.29, 0.717) is 59.0 Å². The summed E-state index contributed by atoms with van der Waals surface area (Å²) in [5.74, 6) is 0.418. The average Bonchev–Trinajstić information content (AvgIpc) is 3.66. The highest BCUT2D eigenvalue weighted by molar-refractivity contribution is 7.92. The third kappa shape index (κ3) is 6.57. The number of nitrogens with zero attached hydrogens (tertiary/aromatic N) is 1. The van der Waals surface area contributed by atoms with E-state index in [-0.39, 0.29) is 22.8 Å². The van der Waals surface area contributed by atoms with Crippen molar-refractivity contribution in [2.24, 2.45) is 0 Å². The Kier molecular flexibility index (Phi) is 9.66. The number of methoxy groups -OCH3 is 3. The van der Waals surface area contributed by atoms with Crippen molar-refractivity contribution in [3.63, 3.8) is 0 Å². The Hall–Kier alpha value is -4.78. The quantitative estimate of drug-likeness (QED) is 0.259. The van der Waals surface area contributed by atoms with Gasteiger partial charge in [0.15, 0.2) is 21.3 Å². The molecule has 0 bridgehead atoms. The molecule has 250 valence electrons. The van der Waals surface area contributed by atoms with E-state index in [1.807, 2.05) is 19.1 Å². The Morgan fingerprint density at radius 3 is 2.34 bits per heavy atom. The summed E-state index contributed by atoms with van der Waals surface area (Å²) in [6, 6.07) is 13.5. The van der Waals surface area contributed by atoms with Gasteiger partial charge in [-0.25, -0.2) is 13.2 Å². The first-order valence-electron chi connectivity index (χ1n) is 15.4. The molecule has 12 nitrogen and oxygen atoms in total. The summed E-state index contributed by atoms with van der Waals surface area (Å²) < 4.78 is 42.8. The zero-order chi connectivity index (χ0) is 34.0. The van der Waals surface area contributed by atoms with Crippen LogP contribution in [0.25, 0.3) is 0 Å². The summed E-state index contributed by atoms with van der Waals surface area (Å²) in [7, 11) is 0.505. The van der Waals surface area contributed by atoms with Gasteiger partial charge in [-0.2, -0.15) is 0 Å². The molecule has 0 aliphatic carbocycles. The van der Waals surface area contributed by atoms with E-state index in [1.54, 1.807) is 49.1 Å². The maximum absolute atomic E-state index is 14.7. The normalized spacial score (nSPS) is 17.9. The van der Waals surface area contributed by atoms with Crippen LogP contribution in [0.4, 0.5) is 16.2 Å². The number of ether oxygens (including phenoxy) is 3. The standard InChI is InChI=1S/C34H40N4O8S/c1-19(2)47(42,43)30-14-11-23(37-34(41)46-6)18-26(30)27-8-7-15-38(27)33(40)31(21-9-13-28(44-4)29(16-21)45-5)36-22-10-12-24-20(3)35-32(39)25(24)17-22/h9-14,16-20,27,31,36H,7-8,15H2,1-6H3,(H,35,39)(H,37,41)/t20?,27?,31-/m0/s1. The number of fused-ring (bicyclic) bond motifs is 1. The topological polar surface area (TPSA) is 152 Å². The Morgan fingerprint density at radius 2 is 1.66 bits per heavy atom. The smallest absolute Gasteiger partial charge is 0.411 e. The van der Waals surface area contributed by atoms with Crippen molar-refractivity contribution in [3.05, 3.63) is 76.9 Å². The molecule has 0 saturated carbocycles. The van der Waals surface area contributed by atoms with E-state index < -0.39 is 33.3 Å². The molecule has 3 aromatic rings. The molecular weight excluding hydrogens is 624 g/mol. The molecule has 2 heterocycles. The molecule has 3 amide bonds. The first-order chi connectivity index (χ1) is 22.4. The Labute approximate surface area is 274 Å². The lowest BCUT2D eigenvalue weighted by atomic mass is 10.00. The number of likely N-dealkylation sites (tertiary alicyclic amines) is 1. The minimum atomic E-state index is -3.76. The SMILES string of the molecule is COC(=O)Nc1ccc(S(=O)(=O)C(C)C)c(C2CCCN2C(=O)[C@@H](Nc2ccc3c(c2)C(=O)NC3C)c2ccc(OC)c(OC)c2)c1. The Balaban J connectivity index is 1.59. The molecule has 3 atom stereocenters. The van der Waals surface area contributed by atoms with Crippen LogP contribution in [0.2, 0.25) is 0 Å². The minimum absolute atomic E-state index is 0.0991. The third-order valence-corrected chi connectivity index (χ3v) is 10.9. The third-order valence-electron chi connectivity index (χ3n) is 8.67. The van der Waals surface area contributed by atoms with Crippen LogP contribution < -0.4 is 25.4 Å². The number of carbonyl (C=O) groups excluding carboxylic acids is 3. The van der Waals surface area contributed by atoms with Gasteiger partial charge in [-0.1, -0.05) is 12.1 Å². The van der Waals surface area contributed by atoms with Gasteiger partial charge in [0.1, 0.15) is 6.04 Å². The maximum Gasteiger partial charge on any atom is 0.411 e. The molecule has 2 unspecified atom stereocenters. The van der Waals surface area contributed by atoms with Gasteiger partial charge in [-0.3, -0.25) is 14.9 Å². The van der Waals surface area contributed by atoms with Crippen LogP contribution in [0, 0.1) is 0 Å². The number of hydrogen-bond acceptors (Lipinski definition) is 9. The Morgan fingerprint density at radius 1 is 0.936 bits per heavy atom. The summed E-state index contributed by atoms with van der Waals surface area (Å²) in [6.07, 6.45) is 0.427. The van der Waals surface area contributed by atoms with Crippen LogP contribution in [-0.4, -0.2) is 64.3 Å². The van der Waals surface area contributed by atoms with Gasteiger partial charge in [-0.05, 0) is 92.8 Å². The fraction of sp³-hybridized carbons (Fsp3) is 0.382. The zero-order valence-corrected chi connectivity index (χ0v) is 28.1. The molecule has 3 N–H and O–H groups in total. The number of benzene rings is 3. The highest BCUT2D eigenvalue weighted by atomic mass is 32.2. The number of hydrogen-bond donors (Lipinski definition) is 3. The van der Waals surface area contributed by atoms with Crippen LogP contribution in [0.5, 0.6) is 11.5 Å². The van der Waals surface area contributed by atoms with Crippen LogP contribution in [0.15, 0.2) is 59.5 Å². The molecular formula is C34H40N4O8S. The van der Waals surface area contributed by atoms with Gasteiger partial charge < -0.3 is 29.7 Å². The largest absolute Gasteiger partial charge is 0.493 e. The second-order valence-corrected chi connectivity index (χ2v) is 14.3. The molecule has 0 spiro atoms. The van der Waals surface area contributed by atoms with Crippen LogP contribution in [-0.2, 0) is 19.4 Å². The van der Waals surface area contributed by atoms with E-state index in [0.717, 1.165) is 5.56 Å². The van der Waals surface area contributed by atoms with E-state index >= 15 is 0 Å². The lowest BCUT2D eigenvalue weighted by Gasteiger charge is -2.32. The first kappa shape index (κ1) is 33.6. The van der Waals surface area contributed by atoms with Crippen LogP contribution >= 0.6 is 0 Å². The van der Waals surface area contributed by atoms with Crippen molar-refractivity contribution < 1.29 is 37.0 Å². The van der Waals surface area contributed by atoms with E-state index in [9.17, 15) is 22.8 Å². The van der Waals surface area contributed by atoms with Crippen molar-refractivity contribution in [1.29, 1.82) is 0 Å². The molecule has 1 fully saturated rings. The van der Waals surface area contributed by atoms with Crippen molar-refractivity contribution in [1.82, 2.24) is 10.2 Å². The zero-order valence-electron chi connectivity index (χ0n) is 27.2. The fourth-order valence-electron chi connectivity index (χ4n) is 6.15. The number of rotatable bonds is 10. The van der Waals surface area contributed by atoms with Gasteiger partial charge >= 0.3 is 6.09 Å². The van der Waals surface area contributed by atoms with E-state index in [4.69, 9.17) is 14.2 Å². The summed E-state index contributed by atoms with van der Waals surface area (Å²) in [4.78, 5) is 41.2. The second kappa shape index (κ2) is 13.5. The highest BCUT2D eigenvalue weighted by Gasteiger charge is 2.38. The fourth-order valence-corrected chi connectivity index (χ4v) is 7.44. The van der Waals surface area contributed by atoms with Crippen LogP contribution in [0.1, 0.15) is 78.8 Å². The van der Waals surface area contributed by atoms with Crippen molar-refractivity contribution >= 4 is 39.1 Å². The summed E-state index contributed by atoms with van der Waals surface area (Å²) >= 11 is 0. The van der Waals surface area contributed by atoms with Gasteiger partial charge in [-0.15, -0.1) is 0 Å². The molecule has 5 rings (SSSR count). The number of nitrogens with one attached hydrogen (secondary N) is 3. The summed E-state index contributed by atoms with van der Waals surface area (Å²) in [5.41, 5.74) is 3.28. The lowest BCUT2D eigenvalue weighted by molar-refractivity contribution is -0.133. The lowest BCUT2D eigenvalue weighted by Crippen LogP contribution is -2.38. The van der Waals surface area contributed by atoms with Crippen molar-refractivity contribution in [2.45, 2.75) is 61.9 Å². The number of sulfone groups is 1. The van der Waals surface area contributed by atoms with Gasteiger partial charge in [0.25, 0.3) is 5.91 Å². The van der Waals surface area contributed by atoms with Crippen LogP contribution in [0.3, 0.4) is 0 Å². The van der Waals surface area contributed by atoms with Crippen molar-refractivity contribution in [3.8, 4) is 11.5 Å². The predicted molar refractivity (Wildman–Crippen MR) is 177 cm³/mol. The number of amides is 3. The summed E-state index contributed by atoms with van der Waals surface area (Å²) in [6.45, 7) is 5.48. The Bertz CT molecular complexity index is 1810. The molecule has 1 saturated heterocycles. The summed E-state index contributed by atoms with van der Waals surface area (Å²) in [5, 5.41) is 8.14. The monoisotopic (exact) mass is 664 g/mol. The maximum atomic E-state index is 14.7. The highest BCUT2D eigenvalue weighted by Crippen LogP contribution is 2.41. The van der Waals surface area contributed by atoms with Gasteiger partial charge in [0.2, 0.25) is 5.91 Å². The molecule has 2 aliphatic rings.